The zero-order valence-electron chi connectivity index (χ0n) is 10.4. The largest absolute Gasteiger partial charge is 0.480 e. The van der Waals surface area contributed by atoms with Gasteiger partial charge in [-0.25, -0.2) is 4.79 Å². The smallest absolute Gasteiger partial charge is 0.326 e. The van der Waals surface area contributed by atoms with E-state index in [1.807, 2.05) is 0 Å². The predicted octanol–water partition coefficient (Wildman–Crippen LogP) is 1.17. The van der Waals surface area contributed by atoms with Crippen LogP contribution in [0.2, 0.25) is 0 Å². The second-order valence-corrected chi connectivity index (χ2v) is 4.82. The van der Waals surface area contributed by atoms with E-state index in [2.05, 4.69) is 5.32 Å². The van der Waals surface area contributed by atoms with E-state index in [9.17, 15) is 9.59 Å². The van der Waals surface area contributed by atoms with Gasteiger partial charge in [-0.1, -0.05) is 13.8 Å². The molecule has 1 rings (SSSR count). The second kappa shape index (κ2) is 6.59. The van der Waals surface area contributed by atoms with Gasteiger partial charge >= 0.3 is 5.97 Å². The van der Waals surface area contributed by atoms with Crippen LogP contribution in [0.1, 0.15) is 39.5 Å². The van der Waals surface area contributed by atoms with Gasteiger partial charge in [0.1, 0.15) is 6.04 Å². The van der Waals surface area contributed by atoms with Crippen molar-refractivity contribution in [2.45, 2.75) is 51.7 Å². The first-order chi connectivity index (χ1) is 8.00. The van der Waals surface area contributed by atoms with Gasteiger partial charge in [0.2, 0.25) is 5.91 Å². The Kier molecular flexibility index (Phi) is 5.41. The quantitative estimate of drug-likeness (QED) is 0.760. The topological polar surface area (TPSA) is 75.6 Å². The van der Waals surface area contributed by atoms with Crippen molar-refractivity contribution in [3.8, 4) is 0 Å². The van der Waals surface area contributed by atoms with Crippen LogP contribution in [0.4, 0.5) is 0 Å². The highest BCUT2D eigenvalue weighted by Gasteiger charge is 2.25. The lowest BCUT2D eigenvalue weighted by Crippen LogP contribution is -2.45. The Labute approximate surface area is 102 Å². The van der Waals surface area contributed by atoms with Crippen LogP contribution in [-0.2, 0) is 14.3 Å². The molecule has 0 aliphatic carbocycles. The van der Waals surface area contributed by atoms with Crippen LogP contribution in [0.3, 0.4) is 0 Å². The van der Waals surface area contributed by atoms with Gasteiger partial charge in [-0.2, -0.15) is 0 Å². The number of amides is 1. The summed E-state index contributed by atoms with van der Waals surface area (Å²) in [7, 11) is 0. The maximum atomic E-state index is 11.7. The molecular weight excluding hydrogens is 222 g/mol. The Morgan fingerprint density at radius 2 is 2.12 bits per heavy atom. The lowest BCUT2D eigenvalue weighted by atomic mass is 10.0. The first kappa shape index (κ1) is 14.0. The molecule has 17 heavy (non-hydrogen) atoms. The van der Waals surface area contributed by atoms with E-state index in [0.717, 1.165) is 19.3 Å². The highest BCUT2D eigenvalue weighted by atomic mass is 16.5. The third-order valence-electron chi connectivity index (χ3n) is 2.94. The minimum atomic E-state index is -0.988. The summed E-state index contributed by atoms with van der Waals surface area (Å²) in [5.74, 6) is -1.35. The van der Waals surface area contributed by atoms with Gasteiger partial charge in [-0.15, -0.1) is 0 Å². The Hall–Kier alpha value is -1.10. The average Bonchev–Trinajstić information content (AvgIpc) is 2.26. The fourth-order valence-corrected chi connectivity index (χ4v) is 1.92. The zero-order valence-corrected chi connectivity index (χ0v) is 10.4. The summed E-state index contributed by atoms with van der Waals surface area (Å²) in [6.07, 6.45) is 3.21. The maximum absolute atomic E-state index is 11.7. The van der Waals surface area contributed by atoms with Gasteiger partial charge in [0.05, 0.1) is 12.5 Å². The highest BCUT2D eigenvalue weighted by Crippen LogP contribution is 2.15. The van der Waals surface area contributed by atoms with E-state index in [0.29, 0.717) is 6.61 Å². The fourth-order valence-electron chi connectivity index (χ4n) is 1.92. The van der Waals surface area contributed by atoms with Gasteiger partial charge in [0, 0.05) is 6.61 Å². The monoisotopic (exact) mass is 243 g/mol. The minimum Gasteiger partial charge on any atom is -0.480 e. The van der Waals surface area contributed by atoms with Crippen molar-refractivity contribution in [1.82, 2.24) is 5.32 Å². The van der Waals surface area contributed by atoms with E-state index in [1.165, 1.54) is 0 Å². The van der Waals surface area contributed by atoms with Crippen molar-refractivity contribution < 1.29 is 19.4 Å². The lowest BCUT2D eigenvalue weighted by Gasteiger charge is -2.23. The molecule has 0 aromatic carbocycles. The molecule has 1 unspecified atom stereocenters. The van der Waals surface area contributed by atoms with Crippen molar-refractivity contribution in [3.05, 3.63) is 0 Å². The molecule has 1 aliphatic heterocycles. The molecule has 0 saturated carbocycles. The second-order valence-electron chi connectivity index (χ2n) is 4.82. The van der Waals surface area contributed by atoms with Crippen molar-refractivity contribution in [2.24, 2.45) is 5.92 Å². The molecule has 0 spiro atoms. The summed E-state index contributed by atoms with van der Waals surface area (Å²) >= 11 is 0. The zero-order chi connectivity index (χ0) is 12.8. The molecule has 2 N–H and O–H groups in total. The summed E-state index contributed by atoms with van der Waals surface area (Å²) in [5, 5.41) is 11.5. The molecule has 98 valence electrons. The minimum absolute atomic E-state index is 0.0506. The number of aliphatic carboxylic acids is 1. The Morgan fingerprint density at radius 1 is 1.41 bits per heavy atom. The summed E-state index contributed by atoms with van der Waals surface area (Å²) in [6.45, 7) is 4.25. The van der Waals surface area contributed by atoms with Gasteiger partial charge in [-0.3, -0.25) is 4.79 Å². The van der Waals surface area contributed by atoms with Crippen LogP contribution < -0.4 is 5.32 Å². The van der Waals surface area contributed by atoms with Crippen LogP contribution in [-0.4, -0.2) is 35.7 Å². The molecule has 0 bridgehead atoms. The summed E-state index contributed by atoms with van der Waals surface area (Å²) < 4.78 is 5.44. The third kappa shape index (κ3) is 4.73. The van der Waals surface area contributed by atoms with Crippen LogP contribution >= 0.6 is 0 Å². The van der Waals surface area contributed by atoms with E-state index >= 15 is 0 Å². The van der Waals surface area contributed by atoms with E-state index < -0.39 is 12.0 Å². The summed E-state index contributed by atoms with van der Waals surface area (Å²) in [4.78, 5) is 22.6. The highest BCUT2D eigenvalue weighted by molar-refractivity contribution is 5.83. The number of rotatable bonds is 5. The molecule has 5 nitrogen and oxygen atoms in total. The van der Waals surface area contributed by atoms with E-state index in [4.69, 9.17) is 9.84 Å². The number of hydrogen-bond acceptors (Lipinski definition) is 3. The van der Waals surface area contributed by atoms with Gasteiger partial charge in [0.25, 0.3) is 0 Å². The van der Waals surface area contributed by atoms with Crippen LogP contribution in [0.25, 0.3) is 0 Å². The molecular formula is C12H21NO4. The van der Waals surface area contributed by atoms with Crippen LogP contribution in [0.5, 0.6) is 0 Å². The van der Waals surface area contributed by atoms with Crippen molar-refractivity contribution in [2.75, 3.05) is 6.61 Å². The van der Waals surface area contributed by atoms with E-state index in [-0.39, 0.29) is 24.3 Å². The van der Waals surface area contributed by atoms with Crippen molar-refractivity contribution >= 4 is 11.9 Å². The first-order valence-electron chi connectivity index (χ1n) is 6.14. The molecule has 1 saturated heterocycles. The molecule has 0 aromatic rings. The normalized spacial score (nSPS) is 22.2. The molecule has 1 aliphatic rings. The van der Waals surface area contributed by atoms with Crippen molar-refractivity contribution in [1.29, 1.82) is 0 Å². The number of carbonyl (C=O) groups is 2. The number of hydrogen-bond donors (Lipinski definition) is 2. The average molecular weight is 243 g/mol. The van der Waals surface area contributed by atoms with Crippen LogP contribution in [0, 0.1) is 5.92 Å². The van der Waals surface area contributed by atoms with Crippen LogP contribution in [0.15, 0.2) is 0 Å². The van der Waals surface area contributed by atoms with Gasteiger partial charge in [-0.05, 0) is 25.2 Å². The molecule has 0 radical (unpaired) electrons. The molecule has 1 amide bonds. The molecule has 0 aromatic heterocycles. The first-order valence-corrected chi connectivity index (χ1v) is 6.14. The number of nitrogens with one attached hydrogen (secondary N) is 1. The van der Waals surface area contributed by atoms with Gasteiger partial charge < -0.3 is 15.2 Å². The molecule has 2 atom stereocenters. The maximum Gasteiger partial charge on any atom is 0.326 e. The number of ether oxygens (including phenoxy) is 1. The molecule has 5 heteroatoms. The standard InChI is InChI=1S/C12H21NO4/c1-8(2)11(12(15)16)13-10(14)7-9-5-3-4-6-17-9/h8-9,11H,3-7H2,1-2H3,(H,13,14)(H,15,16)/t9?,11-/m0/s1. The Morgan fingerprint density at radius 3 is 2.59 bits per heavy atom. The molecule has 1 heterocycles. The number of carboxylic acids is 1. The number of carboxylic acid groups (broad SMARTS) is 1. The van der Waals surface area contributed by atoms with E-state index in [1.54, 1.807) is 13.8 Å². The SMILES string of the molecule is CC(C)[C@H](NC(=O)CC1CCCCO1)C(=O)O. The fraction of sp³-hybridized carbons (Fsp3) is 0.833. The summed E-state index contributed by atoms with van der Waals surface area (Å²) in [5.41, 5.74) is 0. The third-order valence-corrected chi connectivity index (χ3v) is 2.94. The Balaban J connectivity index is 2.38. The number of carbonyl (C=O) groups excluding carboxylic acids is 1. The lowest BCUT2D eigenvalue weighted by molar-refractivity contribution is -0.143. The Bertz CT molecular complexity index is 272. The van der Waals surface area contributed by atoms with Gasteiger partial charge in [0.15, 0.2) is 0 Å². The molecule has 1 fully saturated rings. The summed E-state index contributed by atoms with van der Waals surface area (Å²) in [6, 6.07) is -0.814. The predicted molar refractivity (Wildman–Crippen MR) is 62.6 cm³/mol. The van der Waals surface area contributed by atoms with Crippen molar-refractivity contribution in [3.63, 3.8) is 0 Å².